The summed E-state index contributed by atoms with van der Waals surface area (Å²) in [7, 11) is 0. The number of benzene rings is 2. The van der Waals surface area contributed by atoms with Crippen molar-refractivity contribution >= 4 is 17.5 Å². The van der Waals surface area contributed by atoms with Crippen molar-refractivity contribution in [2.45, 2.75) is 19.9 Å². The molecular weight excluding hydrogens is 302 g/mol. The predicted molar refractivity (Wildman–Crippen MR) is 92.2 cm³/mol. The normalized spacial score (nSPS) is 11.2. The van der Waals surface area contributed by atoms with E-state index in [1.54, 1.807) is 24.3 Å². The van der Waals surface area contributed by atoms with Crippen LogP contribution in [0.25, 0.3) is 0 Å². The van der Waals surface area contributed by atoms with E-state index in [0.717, 1.165) is 5.56 Å². The second kappa shape index (κ2) is 7.93. The first kappa shape index (κ1) is 17.2. The third-order valence-electron chi connectivity index (χ3n) is 3.67. The highest BCUT2D eigenvalue weighted by Gasteiger charge is 2.19. The fraction of sp³-hybridized carbons (Fsp3) is 0.211. The van der Waals surface area contributed by atoms with Gasteiger partial charge in [-0.05, 0) is 24.6 Å². The van der Waals surface area contributed by atoms with Crippen LogP contribution in [0.2, 0.25) is 0 Å². The lowest BCUT2D eigenvalue weighted by Crippen LogP contribution is -2.41. The van der Waals surface area contributed by atoms with Crippen LogP contribution in [0.15, 0.2) is 54.6 Å². The Labute approximate surface area is 141 Å². The maximum absolute atomic E-state index is 12.3. The molecule has 2 aromatic rings. The average Bonchev–Trinajstić information content (AvgIpc) is 2.60. The maximum Gasteiger partial charge on any atom is 0.240 e. The Kier molecular flexibility index (Phi) is 5.69. The van der Waals surface area contributed by atoms with Crippen LogP contribution in [0.3, 0.4) is 0 Å². The van der Waals surface area contributed by atoms with Gasteiger partial charge in [0.05, 0.1) is 17.3 Å². The van der Waals surface area contributed by atoms with Crippen LogP contribution in [-0.2, 0) is 9.59 Å². The van der Waals surface area contributed by atoms with E-state index in [9.17, 15) is 14.9 Å². The first-order valence-corrected chi connectivity index (χ1v) is 7.64. The quantitative estimate of drug-likeness (QED) is 0.920. The zero-order valence-corrected chi connectivity index (χ0v) is 13.7. The van der Waals surface area contributed by atoms with Gasteiger partial charge >= 0.3 is 0 Å². The molecule has 1 atom stereocenters. The minimum absolute atomic E-state index is 0.134. The van der Waals surface area contributed by atoms with Gasteiger partial charge in [0.1, 0.15) is 12.6 Å². The van der Waals surface area contributed by atoms with E-state index < -0.39 is 0 Å². The highest BCUT2D eigenvalue weighted by Crippen LogP contribution is 2.20. The van der Waals surface area contributed by atoms with Gasteiger partial charge in [-0.3, -0.25) is 9.59 Å². The molecule has 0 spiro atoms. The number of nitrogens with zero attached hydrogens (tertiary/aromatic N) is 2. The smallest absolute Gasteiger partial charge is 0.240 e. The SMILES string of the molecule is CC(=O)N(CC(=O)NC(C)c1ccccc1)c1ccccc1C#N. The molecule has 5 heteroatoms. The van der Waals surface area contributed by atoms with Crippen molar-refractivity contribution in [3.05, 3.63) is 65.7 Å². The predicted octanol–water partition coefficient (Wildman–Crippen LogP) is 2.79. The zero-order chi connectivity index (χ0) is 17.5. The lowest BCUT2D eigenvalue weighted by atomic mass is 10.1. The summed E-state index contributed by atoms with van der Waals surface area (Å²) in [5.74, 6) is -0.575. The molecule has 0 aliphatic heterocycles. The minimum atomic E-state index is -0.291. The molecule has 0 fully saturated rings. The lowest BCUT2D eigenvalue weighted by molar-refractivity contribution is -0.123. The Morgan fingerprint density at radius 1 is 1.12 bits per heavy atom. The van der Waals surface area contributed by atoms with Gasteiger partial charge < -0.3 is 10.2 Å². The van der Waals surface area contributed by atoms with Crippen LogP contribution in [0.1, 0.15) is 31.0 Å². The topological polar surface area (TPSA) is 73.2 Å². The molecule has 0 saturated carbocycles. The number of hydrogen-bond acceptors (Lipinski definition) is 3. The van der Waals surface area contributed by atoms with Crippen molar-refractivity contribution in [3.8, 4) is 6.07 Å². The van der Waals surface area contributed by atoms with Gasteiger partial charge in [-0.2, -0.15) is 5.26 Å². The first-order valence-electron chi connectivity index (χ1n) is 7.64. The van der Waals surface area contributed by atoms with E-state index >= 15 is 0 Å². The van der Waals surface area contributed by atoms with Gasteiger partial charge in [0.2, 0.25) is 11.8 Å². The van der Waals surface area contributed by atoms with Gasteiger partial charge in [-0.25, -0.2) is 0 Å². The van der Waals surface area contributed by atoms with E-state index in [2.05, 4.69) is 5.32 Å². The van der Waals surface area contributed by atoms with Gasteiger partial charge in [0.15, 0.2) is 0 Å². The molecular formula is C19H19N3O2. The minimum Gasteiger partial charge on any atom is -0.348 e. The van der Waals surface area contributed by atoms with E-state index in [0.29, 0.717) is 11.3 Å². The van der Waals surface area contributed by atoms with Crippen LogP contribution in [-0.4, -0.2) is 18.4 Å². The van der Waals surface area contributed by atoms with Crippen molar-refractivity contribution in [2.24, 2.45) is 0 Å². The Morgan fingerprint density at radius 2 is 1.75 bits per heavy atom. The summed E-state index contributed by atoms with van der Waals surface area (Å²) in [5.41, 5.74) is 1.78. The summed E-state index contributed by atoms with van der Waals surface area (Å²) in [6.07, 6.45) is 0. The van der Waals surface area contributed by atoms with Crippen LogP contribution >= 0.6 is 0 Å². The molecule has 2 aromatic carbocycles. The van der Waals surface area contributed by atoms with Crippen LogP contribution in [0.4, 0.5) is 5.69 Å². The molecule has 0 aliphatic carbocycles. The Hall–Kier alpha value is -3.13. The van der Waals surface area contributed by atoms with Gasteiger partial charge in [-0.15, -0.1) is 0 Å². The molecule has 0 heterocycles. The second-order valence-corrected chi connectivity index (χ2v) is 5.43. The summed E-state index contributed by atoms with van der Waals surface area (Å²) in [5, 5.41) is 12.1. The number of hydrogen-bond donors (Lipinski definition) is 1. The number of para-hydroxylation sites is 1. The fourth-order valence-corrected chi connectivity index (χ4v) is 2.43. The van der Waals surface area contributed by atoms with E-state index in [1.807, 2.05) is 43.3 Å². The van der Waals surface area contributed by atoms with Gasteiger partial charge in [-0.1, -0.05) is 42.5 Å². The summed E-state index contributed by atoms with van der Waals surface area (Å²) in [6.45, 7) is 3.13. The first-order chi connectivity index (χ1) is 11.5. The van der Waals surface area contributed by atoms with Crippen molar-refractivity contribution < 1.29 is 9.59 Å². The number of amides is 2. The third kappa shape index (κ3) is 4.20. The van der Waals surface area contributed by atoms with Crippen LogP contribution in [0.5, 0.6) is 0 Å². The zero-order valence-electron chi connectivity index (χ0n) is 13.7. The van der Waals surface area contributed by atoms with Crippen molar-refractivity contribution in [1.29, 1.82) is 5.26 Å². The Balaban J connectivity index is 2.12. The highest BCUT2D eigenvalue weighted by molar-refractivity contribution is 5.98. The van der Waals surface area contributed by atoms with Crippen LogP contribution in [0, 0.1) is 11.3 Å². The average molecular weight is 321 g/mol. The number of nitriles is 1. The fourth-order valence-electron chi connectivity index (χ4n) is 2.43. The van der Waals surface area contributed by atoms with Crippen molar-refractivity contribution in [2.75, 3.05) is 11.4 Å². The Morgan fingerprint density at radius 3 is 2.38 bits per heavy atom. The maximum atomic E-state index is 12.3. The van der Waals surface area contributed by atoms with Crippen LogP contribution < -0.4 is 10.2 Å². The molecule has 0 saturated heterocycles. The Bertz CT molecular complexity index is 766. The molecule has 2 rings (SSSR count). The molecule has 1 unspecified atom stereocenters. The summed E-state index contributed by atoms with van der Waals surface area (Å²) < 4.78 is 0. The number of carbonyl (C=O) groups excluding carboxylic acids is 2. The summed E-state index contributed by atoms with van der Waals surface area (Å²) >= 11 is 0. The van der Waals surface area contributed by atoms with Gasteiger partial charge in [0, 0.05) is 6.92 Å². The number of carbonyl (C=O) groups is 2. The standard InChI is InChI=1S/C19H19N3O2/c1-14(16-8-4-3-5-9-16)21-19(24)13-22(15(2)23)18-11-7-6-10-17(18)12-20/h3-11,14H,13H2,1-2H3,(H,21,24). The highest BCUT2D eigenvalue weighted by atomic mass is 16.2. The van der Waals surface area contributed by atoms with Gasteiger partial charge in [0.25, 0.3) is 0 Å². The monoisotopic (exact) mass is 321 g/mol. The van der Waals surface area contributed by atoms with E-state index in [4.69, 9.17) is 0 Å². The van der Waals surface area contributed by atoms with E-state index in [1.165, 1.54) is 11.8 Å². The molecule has 1 N–H and O–H groups in total. The molecule has 5 nitrogen and oxygen atoms in total. The largest absolute Gasteiger partial charge is 0.348 e. The number of nitrogens with one attached hydrogen (secondary N) is 1. The molecule has 0 radical (unpaired) electrons. The van der Waals surface area contributed by atoms with Crippen molar-refractivity contribution in [1.82, 2.24) is 5.32 Å². The molecule has 0 aromatic heterocycles. The molecule has 0 bridgehead atoms. The number of anilines is 1. The molecule has 122 valence electrons. The second-order valence-electron chi connectivity index (χ2n) is 5.43. The summed E-state index contributed by atoms with van der Waals surface area (Å²) in [4.78, 5) is 25.6. The van der Waals surface area contributed by atoms with Crippen molar-refractivity contribution in [3.63, 3.8) is 0 Å². The molecule has 0 aliphatic rings. The summed E-state index contributed by atoms with van der Waals surface area (Å²) in [6, 6.07) is 18.2. The molecule has 24 heavy (non-hydrogen) atoms. The lowest BCUT2D eigenvalue weighted by Gasteiger charge is -2.23. The van der Waals surface area contributed by atoms with E-state index in [-0.39, 0.29) is 24.4 Å². The number of rotatable bonds is 5. The third-order valence-corrected chi connectivity index (χ3v) is 3.67. The molecule has 2 amide bonds.